The van der Waals surface area contributed by atoms with Gasteiger partial charge in [-0.1, -0.05) is 41.1 Å². The van der Waals surface area contributed by atoms with Gasteiger partial charge < -0.3 is 4.84 Å². The van der Waals surface area contributed by atoms with Crippen molar-refractivity contribution in [3.63, 3.8) is 0 Å². The van der Waals surface area contributed by atoms with Crippen molar-refractivity contribution < 1.29 is 18.0 Å². The molecule has 20 heavy (non-hydrogen) atoms. The molecule has 0 bridgehead atoms. The minimum atomic E-state index is -4.39. The standard InChI is InChI=1S/C15H12F3NO/c1-11-4-2-5-12(8-11)10-19-20-14-7-3-6-13(9-14)15(16,17)18/h2-10H,1H3/b19-10+. The van der Waals surface area contributed by atoms with E-state index in [-0.39, 0.29) is 5.75 Å². The van der Waals surface area contributed by atoms with Crippen LogP contribution in [0.25, 0.3) is 0 Å². The average Bonchev–Trinajstić information content (AvgIpc) is 2.38. The molecule has 0 aliphatic rings. The Balaban J connectivity index is 2.08. The summed E-state index contributed by atoms with van der Waals surface area (Å²) in [6, 6.07) is 12.1. The normalized spacial score (nSPS) is 11.8. The molecular formula is C15H12F3NO. The molecule has 0 radical (unpaired) electrons. The monoisotopic (exact) mass is 279 g/mol. The fourth-order valence-electron chi connectivity index (χ4n) is 1.63. The second-order valence-electron chi connectivity index (χ2n) is 4.27. The Morgan fingerprint density at radius 3 is 2.50 bits per heavy atom. The molecule has 0 N–H and O–H groups in total. The van der Waals surface area contributed by atoms with Crippen molar-refractivity contribution in [2.75, 3.05) is 0 Å². The van der Waals surface area contributed by atoms with E-state index < -0.39 is 11.7 Å². The molecule has 0 aromatic heterocycles. The topological polar surface area (TPSA) is 21.6 Å². The van der Waals surface area contributed by atoms with Gasteiger partial charge in [-0.2, -0.15) is 13.2 Å². The van der Waals surface area contributed by atoms with Gasteiger partial charge in [0.2, 0.25) is 0 Å². The Morgan fingerprint density at radius 2 is 1.80 bits per heavy atom. The molecule has 0 unspecified atom stereocenters. The minimum Gasteiger partial charge on any atom is -0.357 e. The van der Waals surface area contributed by atoms with E-state index in [1.54, 1.807) is 0 Å². The van der Waals surface area contributed by atoms with E-state index in [1.807, 2.05) is 31.2 Å². The van der Waals surface area contributed by atoms with Crippen molar-refractivity contribution in [2.24, 2.45) is 5.16 Å². The van der Waals surface area contributed by atoms with Gasteiger partial charge in [0, 0.05) is 0 Å². The highest BCUT2D eigenvalue weighted by molar-refractivity contribution is 5.79. The summed E-state index contributed by atoms with van der Waals surface area (Å²) in [7, 11) is 0. The van der Waals surface area contributed by atoms with Crippen molar-refractivity contribution in [3.05, 3.63) is 65.2 Å². The Morgan fingerprint density at radius 1 is 1.05 bits per heavy atom. The molecule has 2 nitrogen and oxygen atoms in total. The van der Waals surface area contributed by atoms with Crippen LogP contribution in [0.15, 0.2) is 53.7 Å². The molecule has 0 aliphatic heterocycles. The van der Waals surface area contributed by atoms with E-state index >= 15 is 0 Å². The summed E-state index contributed by atoms with van der Waals surface area (Å²) in [5.41, 5.74) is 1.12. The molecule has 2 aromatic carbocycles. The molecule has 2 aromatic rings. The predicted octanol–water partition coefficient (Wildman–Crippen LogP) is 4.43. The number of oxime groups is 1. The van der Waals surface area contributed by atoms with Crippen LogP contribution in [0.1, 0.15) is 16.7 Å². The van der Waals surface area contributed by atoms with E-state index in [0.717, 1.165) is 23.3 Å². The fraction of sp³-hybridized carbons (Fsp3) is 0.133. The van der Waals surface area contributed by atoms with Crippen molar-refractivity contribution in [3.8, 4) is 5.75 Å². The highest BCUT2D eigenvalue weighted by Gasteiger charge is 2.30. The third kappa shape index (κ3) is 3.85. The number of rotatable bonds is 3. The quantitative estimate of drug-likeness (QED) is 0.601. The highest BCUT2D eigenvalue weighted by atomic mass is 19.4. The molecule has 0 saturated heterocycles. The first-order valence-corrected chi connectivity index (χ1v) is 5.89. The van der Waals surface area contributed by atoms with Gasteiger partial charge in [0.1, 0.15) is 0 Å². The Bertz CT molecular complexity index is 621. The van der Waals surface area contributed by atoms with Gasteiger partial charge in [0.25, 0.3) is 0 Å². The van der Waals surface area contributed by atoms with Gasteiger partial charge in [-0.3, -0.25) is 0 Å². The maximum absolute atomic E-state index is 12.5. The molecule has 0 saturated carbocycles. The number of nitrogens with zero attached hydrogens (tertiary/aromatic N) is 1. The first kappa shape index (κ1) is 14.1. The molecule has 0 amide bonds. The second kappa shape index (κ2) is 5.77. The van der Waals surface area contributed by atoms with Crippen LogP contribution in [0, 0.1) is 6.92 Å². The van der Waals surface area contributed by atoms with Crippen LogP contribution in [0.4, 0.5) is 13.2 Å². The van der Waals surface area contributed by atoms with Crippen molar-refractivity contribution in [1.29, 1.82) is 0 Å². The van der Waals surface area contributed by atoms with Crippen LogP contribution in [0.2, 0.25) is 0 Å². The minimum absolute atomic E-state index is 0.0451. The zero-order valence-electron chi connectivity index (χ0n) is 10.7. The fourth-order valence-corrected chi connectivity index (χ4v) is 1.63. The molecule has 0 spiro atoms. The lowest BCUT2D eigenvalue weighted by Gasteiger charge is -2.07. The van der Waals surface area contributed by atoms with Crippen LogP contribution >= 0.6 is 0 Å². The highest BCUT2D eigenvalue weighted by Crippen LogP contribution is 2.31. The summed E-state index contributed by atoms with van der Waals surface area (Å²) in [5.74, 6) is 0.0451. The number of hydrogen-bond acceptors (Lipinski definition) is 2. The summed E-state index contributed by atoms with van der Waals surface area (Å²) >= 11 is 0. The summed E-state index contributed by atoms with van der Waals surface area (Å²) in [5, 5.41) is 3.68. The molecule has 0 aliphatic carbocycles. The molecule has 0 fully saturated rings. The summed E-state index contributed by atoms with van der Waals surface area (Å²) in [4.78, 5) is 4.96. The van der Waals surface area contributed by atoms with Crippen LogP contribution < -0.4 is 4.84 Å². The summed E-state index contributed by atoms with van der Waals surface area (Å²) in [6.45, 7) is 1.94. The second-order valence-corrected chi connectivity index (χ2v) is 4.27. The first-order valence-electron chi connectivity index (χ1n) is 5.89. The van der Waals surface area contributed by atoms with Gasteiger partial charge in [0.15, 0.2) is 5.75 Å². The van der Waals surface area contributed by atoms with E-state index in [2.05, 4.69) is 5.16 Å². The van der Waals surface area contributed by atoms with Gasteiger partial charge >= 0.3 is 6.18 Å². The Kier molecular flexibility index (Phi) is 4.08. The molecule has 5 heteroatoms. The predicted molar refractivity (Wildman–Crippen MR) is 70.8 cm³/mol. The van der Waals surface area contributed by atoms with Crippen molar-refractivity contribution in [1.82, 2.24) is 0 Å². The lowest BCUT2D eigenvalue weighted by atomic mass is 10.2. The number of hydrogen-bond donors (Lipinski definition) is 0. The zero-order valence-corrected chi connectivity index (χ0v) is 10.7. The molecule has 0 atom stereocenters. The number of alkyl halides is 3. The largest absolute Gasteiger partial charge is 0.416 e. The number of halogens is 3. The van der Waals surface area contributed by atoms with E-state index in [4.69, 9.17) is 4.84 Å². The lowest BCUT2D eigenvalue weighted by molar-refractivity contribution is -0.137. The Labute approximate surface area is 114 Å². The molecular weight excluding hydrogens is 267 g/mol. The van der Waals surface area contributed by atoms with Gasteiger partial charge in [-0.05, 0) is 30.7 Å². The summed E-state index contributed by atoms with van der Waals surface area (Å²) < 4.78 is 37.5. The lowest BCUT2D eigenvalue weighted by Crippen LogP contribution is -2.04. The smallest absolute Gasteiger partial charge is 0.357 e. The van der Waals surface area contributed by atoms with Gasteiger partial charge in [-0.25, -0.2) is 0 Å². The Hall–Kier alpha value is -2.30. The third-order valence-electron chi connectivity index (χ3n) is 2.56. The number of aryl methyl sites for hydroxylation is 1. The van der Waals surface area contributed by atoms with Gasteiger partial charge in [-0.15, -0.1) is 0 Å². The van der Waals surface area contributed by atoms with Crippen molar-refractivity contribution in [2.45, 2.75) is 13.1 Å². The number of benzene rings is 2. The first-order chi connectivity index (χ1) is 9.45. The molecule has 2 rings (SSSR count). The van der Waals surface area contributed by atoms with Crippen LogP contribution in [-0.4, -0.2) is 6.21 Å². The molecule has 104 valence electrons. The van der Waals surface area contributed by atoms with E-state index in [0.29, 0.717) is 0 Å². The van der Waals surface area contributed by atoms with Gasteiger partial charge in [0.05, 0.1) is 11.8 Å². The van der Waals surface area contributed by atoms with E-state index in [1.165, 1.54) is 18.3 Å². The van der Waals surface area contributed by atoms with Crippen LogP contribution in [0.3, 0.4) is 0 Å². The zero-order chi connectivity index (χ0) is 14.6. The SMILES string of the molecule is Cc1cccc(/C=N/Oc2cccc(C(F)(F)F)c2)c1. The maximum atomic E-state index is 12.5. The average molecular weight is 279 g/mol. The summed E-state index contributed by atoms with van der Waals surface area (Å²) in [6.07, 6.45) is -2.94. The van der Waals surface area contributed by atoms with Crippen LogP contribution in [-0.2, 0) is 6.18 Å². The third-order valence-corrected chi connectivity index (χ3v) is 2.56. The van der Waals surface area contributed by atoms with Crippen LogP contribution in [0.5, 0.6) is 5.75 Å². The van der Waals surface area contributed by atoms with Crippen molar-refractivity contribution >= 4 is 6.21 Å². The maximum Gasteiger partial charge on any atom is 0.416 e. The van der Waals surface area contributed by atoms with E-state index in [9.17, 15) is 13.2 Å². The molecule has 0 heterocycles.